The van der Waals surface area contributed by atoms with Gasteiger partial charge >= 0.3 is 0 Å². The molecule has 3 aromatic rings. The Bertz CT molecular complexity index is 1080. The third-order valence-electron chi connectivity index (χ3n) is 4.86. The molecule has 0 unspecified atom stereocenters. The van der Waals surface area contributed by atoms with Gasteiger partial charge < -0.3 is 14.9 Å². The molecule has 0 aliphatic carbocycles. The number of nitrogens with zero attached hydrogens (tertiary/aromatic N) is 2. The molecule has 2 aromatic carbocycles. The molecule has 0 bridgehead atoms. The van der Waals surface area contributed by atoms with E-state index in [-0.39, 0.29) is 18.3 Å². The van der Waals surface area contributed by atoms with Crippen LogP contribution in [0, 0.1) is 6.92 Å². The molecule has 0 fully saturated rings. The summed E-state index contributed by atoms with van der Waals surface area (Å²) in [6.45, 7) is 3.14. The zero-order valence-corrected chi connectivity index (χ0v) is 16.5. The summed E-state index contributed by atoms with van der Waals surface area (Å²) < 4.78 is 5.23. The van der Waals surface area contributed by atoms with E-state index in [1.165, 1.54) is 12.4 Å². The molecule has 0 aliphatic rings. The topological polar surface area (TPSA) is 104 Å². The molecular formula is C22H23N3O4. The summed E-state index contributed by atoms with van der Waals surface area (Å²) in [6, 6.07) is 11.6. The number of carbonyl (C=O) groups is 1. The van der Waals surface area contributed by atoms with Crippen LogP contribution in [0.25, 0.3) is 10.8 Å². The zero-order valence-electron chi connectivity index (χ0n) is 16.5. The average molecular weight is 393 g/mol. The second-order valence-electron chi connectivity index (χ2n) is 6.72. The summed E-state index contributed by atoms with van der Waals surface area (Å²) >= 11 is 0. The van der Waals surface area contributed by atoms with Gasteiger partial charge in [-0.3, -0.25) is 9.78 Å². The standard InChI is InChI=1S/C22H23N3O4/c1-13(15-4-5-17-9-19(29-3)7-6-16(17)8-15)22(28)25-24-11-20-18(12-26)10-23-14(2)21(20)27/h4-11,13,26-27H,12H2,1-3H3,(H,25,28)/b24-11-/t13-/m0/s1. The lowest BCUT2D eigenvalue weighted by Crippen LogP contribution is -2.23. The van der Waals surface area contributed by atoms with Gasteiger partial charge in [-0.2, -0.15) is 5.10 Å². The van der Waals surface area contributed by atoms with Crippen LogP contribution in [-0.4, -0.2) is 34.4 Å². The van der Waals surface area contributed by atoms with E-state index < -0.39 is 5.92 Å². The predicted octanol–water partition coefficient (Wildman–Crippen LogP) is 3.00. The number of aliphatic hydroxyl groups is 1. The van der Waals surface area contributed by atoms with E-state index in [1.54, 1.807) is 21.0 Å². The minimum absolute atomic E-state index is 0.0763. The van der Waals surface area contributed by atoms with E-state index in [0.717, 1.165) is 22.1 Å². The summed E-state index contributed by atoms with van der Waals surface area (Å²) in [5.74, 6) is -0.0107. The van der Waals surface area contributed by atoms with Crippen molar-refractivity contribution >= 4 is 22.9 Å². The number of aryl methyl sites for hydroxylation is 1. The van der Waals surface area contributed by atoms with E-state index in [1.807, 2.05) is 36.4 Å². The van der Waals surface area contributed by atoms with Crippen LogP contribution >= 0.6 is 0 Å². The van der Waals surface area contributed by atoms with Crippen molar-refractivity contribution in [2.24, 2.45) is 5.10 Å². The number of hydrogen-bond donors (Lipinski definition) is 3. The highest BCUT2D eigenvalue weighted by molar-refractivity contribution is 5.90. The number of rotatable bonds is 6. The second kappa shape index (κ2) is 8.70. The van der Waals surface area contributed by atoms with Gasteiger partial charge in [0.05, 0.1) is 31.5 Å². The van der Waals surface area contributed by atoms with E-state index in [4.69, 9.17) is 4.74 Å². The smallest absolute Gasteiger partial charge is 0.247 e. The summed E-state index contributed by atoms with van der Waals surface area (Å²) in [7, 11) is 1.62. The number of aliphatic hydroxyl groups excluding tert-OH is 1. The minimum Gasteiger partial charge on any atom is -0.505 e. The molecule has 29 heavy (non-hydrogen) atoms. The van der Waals surface area contributed by atoms with E-state index >= 15 is 0 Å². The van der Waals surface area contributed by atoms with Crippen molar-refractivity contribution in [2.75, 3.05) is 7.11 Å². The van der Waals surface area contributed by atoms with Gasteiger partial charge in [0.1, 0.15) is 11.5 Å². The fraction of sp³-hybridized carbons (Fsp3) is 0.227. The quantitative estimate of drug-likeness (QED) is 0.441. The first-order valence-corrected chi connectivity index (χ1v) is 9.13. The Morgan fingerprint density at radius 2 is 2.00 bits per heavy atom. The third-order valence-corrected chi connectivity index (χ3v) is 4.86. The Morgan fingerprint density at radius 3 is 2.72 bits per heavy atom. The molecular weight excluding hydrogens is 370 g/mol. The molecule has 3 N–H and O–H groups in total. The molecule has 1 atom stereocenters. The van der Waals surface area contributed by atoms with Crippen LogP contribution in [0.15, 0.2) is 47.7 Å². The van der Waals surface area contributed by atoms with Gasteiger partial charge in [0, 0.05) is 17.3 Å². The fourth-order valence-corrected chi connectivity index (χ4v) is 2.97. The monoisotopic (exact) mass is 393 g/mol. The molecule has 1 aromatic heterocycles. The number of hydrazone groups is 1. The predicted molar refractivity (Wildman–Crippen MR) is 111 cm³/mol. The van der Waals surface area contributed by atoms with Gasteiger partial charge in [0.15, 0.2) is 0 Å². The summed E-state index contributed by atoms with van der Waals surface area (Å²) in [4.78, 5) is 16.5. The molecule has 0 saturated carbocycles. The number of benzene rings is 2. The lowest BCUT2D eigenvalue weighted by molar-refractivity contribution is -0.122. The van der Waals surface area contributed by atoms with Crippen LogP contribution in [-0.2, 0) is 11.4 Å². The van der Waals surface area contributed by atoms with Crippen LogP contribution in [0.2, 0.25) is 0 Å². The highest BCUT2D eigenvalue weighted by Crippen LogP contribution is 2.25. The Kier molecular flexibility index (Phi) is 6.09. The van der Waals surface area contributed by atoms with Crippen molar-refractivity contribution in [3.05, 3.63) is 65.0 Å². The number of aromatic hydroxyl groups is 1. The molecule has 7 nitrogen and oxygen atoms in total. The molecule has 0 saturated heterocycles. The normalized spacial score (nSPS) is 12.3. The summed E-state index contributed by atoms with van der Waals surface area (Å²) in [5.41, 5.74) is 4.51. The molecule has 0 radical (unpaired) electrons. The first kappa shape index (κ1) is 20.3. The van der Waals surface area contributed by atoms with E-state index in [2.05, 4.69) is 15.5 Å². The molecule has 0 aliphatic heterocycles. The third kappa shape index (κ3) is 4.35. The Labute approximate surface area is 168 Å². The maximum absolute atomic E-state index is 12.5. The molecule has 3 rings (SSSR count). The SMILES string of the molecule is COc1ccc2cc([C@H](C)C(=O)N/N=C\c3c(CO)cnc(C)c3O)ccc2c1. The highest BCUT2D eigenvalue weighted by atomic mass is 16.5. The average Bonchev–Trinajstić information content (AvgIpc) is 2.75. The van der Waals surface area contributed by atoms with Gasteiger partial charge in [0.2, 0.25) is 5.91 Å². The molecule has 7 heteroatoms. The molecule has 1 amide bonds. The maximum Gasteiger partial charge on any atom is 0.247 e. The number of methoxy groups -OCH3 is 1. The maximum atomic E-state index is 12.5. The Balaban J connectivity index is 1.75. The van der Waals surface area contributed by atoms with Crippen molar-refractivity contribution < 1.29 is 19.7 Å². The number of amides is 1. The van der Waals surface area contributed by atoms with Crippen molar-refractivity contribution in [3.8, 4) is 11.5 Å². The molecule has 0 spiro atoms. The van der Waals surface area contributed by atoms with Crippen LogP contribution in [0.5, 0.6) is 11.5 Å². The first-order valence-electron chi connectivity index (χ1n) is 9.13. The highest BCUT2D eigenvalue weighted by Gasteiger charge is 2.16. The van der Waals surface area contributed by atoms with Gasteiger partial charge in [-0.05, 0) is 42.3 Å². The number of ether oxygens (including phenoxy) is 1. The van der Waals surface area contributed by atoms with E-state index in [0.29, 0.717) is 16.8 Å². The summed E-state index contributed by atoms with van der Waals surface area (Å²) in [6.07, 6.45) is 2.78. The lowest BCUT2D eigenvalue weighted by atomic mass is 9.97. The molecule has 150 valence electrons. The van der Waals surface area contributed by atoms with Crippen molar-refractivity contribution in [1.82, 2.24) is 10.4 Å². The summed E-state index contributed by atoms with van der Waals surface area (Å²) in [5, 5.41) is 25.5. The van der Waals surface area contributed by atoms with Gasteiger partial charge in [-0.1, -0.05) is 24.3 Å². The number of pyridine rings is 1. The van der Waals surface area contributed by atoms with Crippen LogP contribution in [0.3, 0.4) is 0 Å². The van der Waals surface area contributed by atoms with Crippen LogP contribution < -0.4 is 10.2 Å². The van der Waals surface area contributed by atoms with Crippen LogP contribution in [0.1, 0.15) is 35.2 Å². The van der Waals surface area contributed by atoms with Crippen molar-refractivity contribution in [1.29, 1.82) is 0 Å². The van der Waals surface area contributed by atoms with E-state index in [9.17, 15) is 15.0 Å². The number of carbonyl (C=O) groups excluding carboxylic acids is 1. The van der Waals surface area contributed by atoms with Crippen LogP contribution in [0.4, 0.5) is 0 Å². The number of hydrogen-bond acceptors (Lipinski definition) is 6. The fourth-order valence-electron chi connectivity index (χ4n) is 2.97. The minimum atomic E-state index is -0.427. The second-order valence-corrected chi connectivity index (χ2v) is 6.72. The number of aromatic nitrogens is 1. The number of nitrogens with one attached hydrogen (secondary N) is 1. The van der Waals surface area contributed by atoms with Crippen molar-refractivity contribution in [2.45, 2.75) is 26.4 Å². The van der Waals surface area contributed by atoms with Gasteiger partial charge in [-0.25, -0.2) is 5.43 Å². The first-order chi connectivity index (χ1) is 13.9. The van der Waals surface area contributed by atoms with Gasteiger partial charge in [-0.15, -0.1) is 0 Å². The zero-order chi connectivity index (χ0) is 21.0. The number of fused-ring (bicyclic) bond motifs is 1. The largest absolute Gasteiger partial charge is 0.505 e. The van der Waals surface area contributed by atoms with Gasteiger partial charge in [0.25, 0.3) is 0 Å². The van der Waals surface area contributed by atoms with Crippen molar-refractivity contribution in [3.63, 3.8) is 0 Å². The Morgan fingerprint density at radius 1 is 1.28 bits per heavy atom. The lowest BCUT2D eigenvalue weighted by Gasteiger charge is -2.12. The Hall–Kier alpha value is -3.45. The molecule has 1 heterocycles.